The van der Waals surface area contributed by atoms with Crippen molar-refractivity contribution >= 4 is 53.2 Å². The standard InChI is InChI=1S/2C26H31.2CH3.2ClH.Si.Zr/c2*1-5-13-26(14-15-26)18-19-16-20-9-8-11-21(23(20)17-19)22-10-6-7-12-24(22)25(2,3)4;;;;;;/h2*6-12,16-17H,5,13-15,18H2,1-4H3;2*1H3;2*1H;;/q4*-1;;;;. The molecule has 0 saturated heterocycles. The van der Waals surface area contributed by atoms with Crippen molar-refractivity contribution in [3.63, 3.8) is 0 Å². The van der Waals surface area contributed by atoms with Crippen molar-refractivity contribution in [2.45, 2.75) is 130 Å². The molecule has 2 aliphatic carbocycles. The molecule has 0 bridgehead atoms. The number of fused-ring (bicyclic) bond motifs is 2. The average molecular weight is 909 g/mol. The van der Waals surface area contributed by atoms with E-state index in [1.54, 1.807) is 0 Å². The molecule has 2 fully saturated rings. The summed E-state index contributed by atoms with van der Waals surface area (Å²) in [4.78, 5) is 0. The van der Waals surface area contributed by atoms with Crippen LogP contribution in [0.2, 0.25) is 0 Å². The summed E-state index contributed by atoms with van der Waals surface area (Å²) in [5, 5.41) is 5.64. The van der Waals surface area contributed by atoms with Gasteiger partial charge >= 0.3 is 30.2 Å². The molecule has 6 aromatic rings. The number of benzene rings is 4. The Morgan fingerprint density at radius 1 is 0.517 bits per heavy atom. The maximum absolute atomic E-state index is 3.06. The molecule has 0 aromatic heterocycles. The number of hydrogen-bond acceptors (Lipinski definition) is 0. The van der Waals surface area contributed by atoms with Crippen LogP contribution in [0.5, 0.6) is 0 Å². The Balaban J connectivity index is 0.000000360. The zero-order chi connectivity index (χ0) is 38.7. The molecule has 312 valence electrons. The Kier molecular flexibility index (Phi) is 19.3. The molecule has 0 nitrogen and oxygen atoms in total. The second-order valence-corrected chi connectivity index (χ2v) is 18.8. The van der Waals surface area contributed by atoms with E-state index in [1.165, 1.54) is 154 Å². The SMILES string of the molecule is CCCC1(Cc2cc3c(-c4ccccc4C(C)(C)C)cccc3[cH-]2)CC1.CCCC1(Cc2cc3c(-c4ccccc4C(C)(C)C)cccc3[cH-]2)CC1.Cl.Cl.[CH3-].[CH3-].[Si]=[Zr]. The summed E-state index contributed by atoms with van der Waals surface area (Å²) < 4.78 is 0. The topological polar surface area (TPSA) is 0 Å². The molecule has 0 spiro atoms. The molecule has 0 aliphatic heterocycles. The fourth-order valence-corrected chi connectivity index (χ4v) is 9.32. The van der Waals surface area contributed by atoms with Crippen LogP contribution in [-0.2, 0) is 47.0 Å². The monoisotopic (exact) mass is 906 g/mol. The minimum absolute atomic E-state index is 0. The third kappa shape index (κ3) is 12.0. The Morgan fingerprint density at radius 2 is 0.845 bits per heavy atom. The van der Waals surface area contributed by atoms with Crippen molar-refractivity contribution in [3.8, 4) is 22.3 Å². The summed E-state index contributed by atoms with van der Waals surface area (Å²) in [5.74, 6) is 0. The van der Waals surface area contributed by atoms with E-state index >= 15 is 0 Å². The van der Waals surface area contributed by atoms with Gasteiger partial charge in [0.15, 0.2) is 0 Å². The van der Waals surface area contributed by atoms with Gasteiger partial charge < -0.3 is 14.9 Å². The van der Waals surface area contributed by atoms with Gasteiger partial charge in [-0.25, -0.2) is 0 Å². The van der Waals surface area contributed by atoms with Gasteiger partial charge in [-0.3, -0.25) is 0 Å². The minimum atomic E-state index is 0. The van der Waals surface area contributed by atoms with Crippen LogP contribution >= 0.6 is 24.8 Å². The van der Waals surface area contributed by atoms with Gasteiger partial charge in [-0.2, -0.15) is 12.1 Å². The first kappa shape index (κ1) is 51.9. The summed E-state index contributed by atoms with van der Waals surface area (Å²) in [6.45, 7) is 21.6. The predicted octanol–water partition coefficient (Wildman–Crippen LogP) is 16.7. The van der Waals surface area contributed by atoms with Crippen LogP contribution in [0.4, 0.5) is 0 Å². The first-order chi connectivity index (χ1) is 25.8. The van der Waals surface area contributed by atoms with Gasteiger partial charge in [0, 0.05) is 0 Å². The van der Waals surface area contributed by atoms with Gasteiger partial charge in [-0.15, -0.1) is 93.9 Å². The van der Waals surface area contributed by atoms with E-state index in [0.717, 1.165) is 0 Å². The number of hydrogen-bond donors (Lipinski definition) is 0. The zero-order valence-electron chi connectivity index (χ0n) is 37.3. The molecule has 2 aliphatic rings. The summed E-state index contributed by atoms with van der Waals surface area (Å²) in [5.41, 5.74) is 13.0. The quantitative estimate of drug-likeness (QED) is 0.0949. The van der Waals surface area contributed by atoms with Crippen LogP contribution in [-0.4, -0.2) is 6.88 Å². The van der Waals surface area contributed by atoms with E-state index in [4.69, 9.17) is 0 Å². The third-order valence-corrected chi connectivity index (χ3v) is 12.3. The molecule has 0 heterocycles. The van der Waals surface area contributed by atoms with Crippen molar-refractivity contribution in [3.05, 3.63) is 146 Å². The molecule has 0 atom stereocenters. The van der Waals surface area contributed by atoms with E-state index in [-0.39, 0.29) is 50.5 Å². The van der Waals surface area contributed by atoms with E-state index in [2.05, 4.69) is 171 Å². The van der Waals surface area contributed by atoms with Crippen LogP contribution in [0.3, 0.4) is 0 Å². The molecule has 4 heteroatoms. The van der Waals surface area contributed by atoms with Gasteiger partial charge in [0.2, 0.25) is 0 Å². The molecule has 0 N–H and O–H groups in total. The molecule has 8 rings (SSSR count). The van der Waals surface area contributed by atoms with Gasteiger partial charge in [0.1, 0.15) is 0 Å². The van der Waals surface area contributed by atoms with Crippen LogP contribution < -0.4 is 0 Å². The molecule has 0 unspecified atom stereocenters. The van der Waals surface area contributed by atoms with Crippen molar-refractivity contribution in [1.82, 2.24) is 0 Å². The third-order valence-electron chi connectivity index (χ3n) is 12.3. The number of halogens is 2. The van der Waals surface area contributed by atoms with Crippen LogP contribution in [0, 0.1) is 25.7 Å². The van der Waals surface area contributed by atoms with Crippen molar-refractivity contribution < 1.29 is 23.3 Å². The number of rotatable bonds is 10. The Morgan fingerprint density at radius 3 is 1.16 bits per heavy atom. The predicted molar refractivity (Wildman–Crippen MR) is 261 cm³/mol. The molecule has 6 aromatic carbocycles. The Bertz CT molecular complexity index is 2030. The second kappa shape index (κ2) is 21.5. The zero-order valence-corrected chi connectivity index (χ0v) is 42.4. The van der Waals surface area contributed by atoms with E-state index in [9.17, 15) is 0 Å². The van der Waals surface area contributed by atoms with Crippen LogP contribution in [0.15, 0.2) is 109 Å². The molecule has 0 amide bonds. The molecule has 2 saturated carbocycles. The summed E-state index contributed by atoms with van der Waals surface area (Å²) in [7, 11) is 0. The van der Waals surface area contributed by atoms with Crippen molar-refractivity contribution in [1.29, 1.82) is 0 Å². The van der Waals surface area contributed by atoms with E-state index < -0.39 is 0 Å². The Hall–Kier alpha value is -2.22. The summed E-state index contributed by atoms with van der Waals surface area (Å²) in [6, 6.07) is 41.3. The molecular weight excluding hydrogens is 839 g/mol. The van der Waals surface area contributed by atoms with Crippen LogP contribution in [0.1, 0.15) is 129 Å². The molecule has 58 heavy (non-hydrogen) atoms. The molecular formula is C54H70Cl2SiZr-4. The maximum atomic E-state index is 3.06. The second-order valence-electron chi connectivity index (χ2n) is 18.8. The van der Waals surface area contributed by atoms with E-state index in [1.807, 2.05) is 0 Å². The first-order valence-corrected chi connectivity index (χ1v) is 24.8. The van der Waals surface area contributed by atoms with Crippen molar-refractivity contribution in [2.75, 3.05) is 0 Å². The fourth-order valence-electron chi connectivity index (χ4n) is 9.32. The fraction of sp³-hybridized carbons (Fsp3) is 0.407. The van der Waals surface area contributed by atoms with Crippen LogP contribution in [0.25, 0.3) is 43.8 Å². The first-order valence-electron chi connectivity index (χ1n) is 20.7. The van der Waals surface area contributed by atoms with Gasteiger partial charge in [-0.05, 0) is 95.3 Å². The van der Waals surface area contributed by atoms with Crippen molar-refractivity contribution in [2.24, 2.45) is 10.8 Å². The Labute approximate surface area is 383 Å². The average Bonchev–Trinajstić information content (AvgIpc) is 3.99. The van der Waals surface area contributed by atoms with Gasteiger partial charge in [0.05, 0.1) is 0 Å². The van der Waals surface area contributed by atoms with Gasteiger partial charge in [-0.1, -0.05) is 140 Å². The normalized spacial score (nSPS) is 14.5. The summed E-state index contributed by atoms with van der Waals surface area (Å²) in [6.07, 6.45) is 13.6. The molecule has 2 radical (unpaired) electrons. The van der Waals surface area contributed by atoms with Gasteiger partial charge in [0.25, 0.3) is 0 Å². The van der Waals surface area contributed by atoms with E-state index in [0.29, 0.717) is 10.8 Å². The summed E-state index contributed by atoms with van der Waals surface area (Å²) >= 11 is 1.36.